The van der Waals surface area contributed by atoms with E-state index in [1.54, 1.807) is 12.1 Å². The summed E-state index contributed by atoms with van der Waals surface area (Å²) >= 11 is 0. The maximum atomic E-state index is 12.0. The van der Waals surface area contributed by atoms with Gasteiger partial charge in [0.25, 0.3) is 0 Å². The first kappa shape index (κ1) is 17.2. The SMILES string of the molecule is CCN(CC)Cc1ccc(C(=O)OC(=O)C(F)(F)F)cc1. The molecule has 0 saturated heterocycles. The van der Waals surface area contributed by atoms with Crippen molar-refractivity contribution < 1.29 is 27.5 Å². The number of nitrogens with zero attached hydrogens (tertiary/aromatic N) is 1. The molecule has 4 nitrogen and oxygen atoms in total. The van der Waals surface area contributed by atoms with Crippen molar-refractivity contribution in [2.45, 2.75) is 26.6 Å². The topological polar surface area (TPSA) is 46.6 Å². The molecule has 0 fully saturated rings. The van der Waals surface area contributed by atoms with Crippen molar-refractivity contribution in [3.05, 3.63) is 35.4 Å². The van der Waals surface area contributed by atoms with E-state index < -0.39 is 18.1 Å². The first-order chi connectivity index (χ1) is 9.77. The molecule has 0 bridgehead atoms. The fourth-order valence-corrected chi connectivity index (χ4v) is 1.65. The molecule has 0 amide bonds. The second-order valence-corrected chi connectivity index (χ2v) is 4.33. The molecule has 0 aliphatic heterocycles. The van der Waals surface area contributed by atoms with E-state index >= 15 is 0 Å². The smallest absolute Gasteiger partial charge is 0.383 e. The second-order valence-electron chi connectivity index (χ2n) is 4.33. The Morgan fingerprint density at radius 2 is 1.62 bits per heavy atom. The van der Waals surface area contributed by atoms with Gasteiger partial charge in [-0.15, -0.1) is 0 Å². The van der Waals surface area contributed by atoms with Crippen LogP contribution in [0.5, 0.6) is 0 Å². The molecule has 116 valence electrons. The first-order valence-electron chi connectivity index (χ1n) is 6.42. The van der Waals surface area contributed by atoms with Crippen molar-refractivity contribution in [3.8, 4) is 0 Å². The van der Waals surface area contributed by atoms with Gasteiger partial charge in [-0.3, -0.25) is 4.90 Å². The summed E-state index contributed by atoms with van der Waals surface area (Å²) in [6.45, 7) is 6.42. The minimum Gasteiger partial charge on any atom is -0.383 e. The summed E-state index contributed by atoms with van der Waals surface area (Å²) in [5.74, 6) is -3.83. The number of carbonyl (C=O) groups is 2. The zero-order valence-electron chi connectivity index (χ0n) is 11.7. The Hall–Kier alpha value is -1.89. The molecule has 0 aromatic heterocycles. The zero-order valence-corrected chi connectivity index (χ0v) is 11.7. The Kier molecular flexibility index (Phi) is 5.90. The molecule has 0 unspecified atom stereocenters. The standard InChI is InChI=1S/C14H16F3NO3/c1-3-18(4-2)9-10-5-7-11(8-6-10)12(19)21-13(20)14(15,16)17/h5-8H,3-4,9H2,1-2H3. The molecular weight excluding hydrogens is 287 g/mol. The van der Waals surface area contributed by atoms with E-state index in [0.717, 1.165) is 18.7 Å². The molecule has 7 heteroatoms. The summed E-state index contributed by atoms with van der Waals surface area (Å²) in [4.78, 5) is 24.1. The van der Waals surface area contributed by atoms with Crippen molar-refractivity contribution in [2.24, 2.45) is 0 Å². The van der Waals surface area contributed by atoms with E-state index in [0.29, 0.717) is 6.54 Å². The Labute approximate surface area is 120 Å². The summed E-state index contributed by atoms with van der Waals surface area (Å²) in [5, 5.41) is 0. The van der Waals surface area contributed by atoms with Crippen molar-refractivity contribution in [2.75, 3.05) is 13.1 Å². The zero-order chi connectivity index (χ0) is 16.0. The van der Waals surface area contributed by atoms with Crippen LogP contribution in [-0.2, 0) is 16.1 Å². The third-order valence-electron chi connectivity index (χ3n) is 2.91. The number of carbonyl (C=O) groups excluding carboxylic acids is 2. The van der Waals surface area contributed by atoms with Crippen LogP contribution < -0.4 is 0 Å². The summed E-state index contributed by atoms with van der Waals surface area (Å²) < 4.78 is 39.7. The number of esters is 2. The van der Waals surface area contributed by atoms with Crippen LogP contribution in [0, 0.1) is 0 Å². The minimum absolute atomic E-state index is 0.101. The first-order valence-corrected chi connectivity index (χ1v) is 6.42. The summed E-state index contributed by atoms with van der Waals surface area (Å²) in [6.07, 6.45) is -5.18. The van der Waals surface area contributed by atoms with Crippen molar-refractivity contribution in [1.29, 1.82) is 0 Å². The van der Waals surface area contributed by atoms with Crippen LogP contribution in [0.2, 0.25) is 0 Å². The Morgan fingerprint density at radius 3 is 2.05 bits per heavy atom. The molecule has 0 saturated carbocycles. The highest BCUT2D eigenvalue weighted by atomic mass is 19.4. The maximum Gasteiger partial charge on any atom is 0.491 e. The number of benzene rings is 1. The molecule has 1 aromatic carbocycles. The molecule has 0 aliphatic rings. The fraction of sp³-hybridized carbons (Fsp3) is 0.429. The van der Waals surface area contributed by atoms with E-state index in [1.807, 2.05) is 13.8 Å². The maximum absolute atomic E-state index is 12.0. The van der Waals surface area contributed by atoms with Gasteiger partial charge in [-0.05, 0) is 30.8 Å². The second kappa shape index (κ2) is 7.21. The lowest BCUT2D eigenvalue weighted by Gasteiger charge is -2.17. The molecule has 0 N–H and O–H groups in total. The lowest BCUT2D eigenvalue weighted by Crippen LogP contribution is -2.28. The van der Waals surface area contributed by atoms with Gasteiger partial charge in [-0.25, -0.2) is 9.59 Å². The lowest BCUT2D eigenvalue weighted by molar-refractivity contribution is -0.193. The highest BCUT2D eigenvalue weighted by molar-refractivity contribution is 5.98. The number of hydrogen-bond donors (Lipinski definition) is 0. The third-order valence-corrected chi connectivity index (χ3v) is 2.91. The summed E-state index contributed by atoms with van der Waals surface area (Å²) in [6, 6.07) is 5.91. The van der Waals surface area contributed by atoms with Crippen LogP contribution in [-0.4, -0.2) is 36.1 Å². The van der Waals surface area contributed by atoms with Crippen LogP contribution in [0.3, 0.4) is 0 Å². The van der Waals surface area contributed by atoms with Crippen LogP contribution >= 0.6 is 0 Å². The van der Waals surface area contributed by atoms with Crippen LogP contribution in [0.25, 0.3) is 0 Å². The largest absolute Gasteiger partial charge is 0.491 e. The van der Waals surface area contributed by atoms with E-state index in [4.69, 9.17) is 0 Å². The molecule has 21 heavy (non-hydrogen) atoms. The fourth-order valence-electron chi connectivity index (χ4n) is 1.65. The van der Waals surface area contributed by atoms with Crippen LogP contribution in [0.1, 0.15) is 29.8 Å². The van der Waals surface area contributed by atoms with Gasteiger partial charge in [0, 0.05) is 6.54 Å². The average molecular weight is 303 g/mol. The van der Waals surface area contributed by atoms with Gasteiger partial charge in [0.1, 0.15) is 0 Å². The number of ether oxygens (including phenoxy) is 1. The number of alkyl halides is 3. The van der Waals surface area contributed by atoms with Gasteiger partial charge in [-0.2, -0.15) is 13.2 Å². The van der Waals surface area contributed by atoms with Gasteiger partial charge < -0.3 is 4.74 Å². The van der Waals surface area contributed by atoms with E-state index in [1.165, 1.54) is 12.1 Å². The van der Waals surface area contributed by atoms with Gasteiger partial charge in [0.15, 0.2) is 0 Å². The van der Waals surface area contributed by atoms with Crippen molar-refractivity contribution in [3.63, 3.8) is 0 Å². The van der Waals surface area contributed by atoms with Crippen LogP contribution in [0.4, 0.5) is 13.2 Å². The normalized spacial score (nSPS) is 11.5. The molecule has 1 aromatic rings. The predicted molar refractivity (Wildman–Crippen MR) is 69.5 cm³/mol. The van der Waals surface area contributed by atoms with E-state index in [-0.39, 0.29) is 5.56 Å². The highest BCUT2D eigenvalue weighted by Crippen LogP contribution is 2.18. The number of halogens is 3. The van der Waals surface area contributed by atoms with Crippen LogP contribution in [0.15, 0.2) is 24.3 Å². The Balaban J connectivity index is 2.69. The molecule has 0 heterocycles. The third kappa shape index (κ3) is 5.18. The van der Waals surface area contributed by atoms with Crippen molar-refractivity contribution in [1.82, 2.24) is 4.90 Å². The summed E-state index contributed by atoms with van der Waals surface area (Å²) in [5.41, 5.74) is 0.813. The average Bonchev–Trinajstić information content (AvgIpc) is 2.44. The quantitative estimate of drug-likeness (QED) is 0.620. The minimum atomic E-state index is -5.18. The summed E-state index contributed by atoms with van der Waals surface area (Å²) in [7, 11) is 0. The van der Waals surface area contributed by atoms with Gasteiger partial charge in [0.2, 0.25) is 0 Å². The highest BCUT2D eigenvalue weighted by Gasteiger charge is 2.42. The molecule has 0 radical (unpaired) electrons. The van der Waals surface area contributed by atoms with Gasteiger partial charge in [0.05, 0.1) is 5.56 Å². The Morgan fingerprint density at radius 1 is 1.10 bits per heavy atom. The van der Waals surface area contributed by atoms with Crippen molar-refractivity contribution >= 4 is 11.9 Å². The predicted octanol–water partition coefficient (Wildman–Crippen LogP) is 2.77. The molecule has 1 rings (SSSR count). The Bertz CT molecular complexity index is 493. The molecule has 0 atom stereocenters. The number of rotatable bonds is 5. The van der Waals surface area contributed by atoms with Gasteiger partial charge in [-0.1, -0.05) is 26.0 Å². The molecule has 0 spiro atoms. The molecular formula is C14H16F3NO3. The van der Waals surface area contributed by atoms with Gasteiger partial charge >= 0.3 is 18.1 Å². The lowest BCUT2D eigenvalue weighted by atomic mass is 10.1. The van der Waals surface area contributed by atoms with E-state index in [9.17, 15) is 22.8 Å². The van der Waals surface area contributed by atoms with E-state index in [2.05, 4.69) is 9.64 Å². The molecule has 0 aliphatic carbocycles. The monoisotopic (exact) mass is 303 g/mol. The number of hydrogen-bond acceptors (Lipinski definition) is 4.